The van der Waals surface area contributed by atoms with E-state index in [2.05, 4.69) is 10.5 Å². The molecule has 0 aliphatic carbocycles. The normalized spacial score (nSPS) is 10.2. The molecule has 20 heavy (non-hydrogen) atoms. The largest absolute Gasteiger partial charge is 0.668 e. The smallest absolute Gasteiger partial charge is 0.237 e. The van der Waals surface area contributed by atoms with Gasteiger partial charge in [0, 0.05) is 52.7 Å². The van der Waals surface area contributed by atoms with Crippen LogP contribution in [0.3, 0.4) is 0 Å². The van der Waals surface area contributed by atoms with Crippen LogP contribution in [0.4, 0.5) is 0 Å². The predicted molar refractivity (Wildman–Crippen MR) is 74.4 cm³/mol. The molecule has 0 unspecified atom stereocenters. The number of hydrogen-bond acceptors (Lipinski definition) is 3. The summed E-state index contributed by atoms with van der Waals surface area (Å²) in [7, 11) is -0.167. The predicted octanol–water partition coefficient (Wildman–Crippen LogP) is 1.66. The van der Waals surface area contributed by atoms with E-state index in [9.17, 15) is 8.42 Å². The Morgan fingerprint density at radius 2 is 1.95 bits per heavy atom. The molecule has 0 spiro atoms. The summed E-state index contributed by atoms with van der Waals surface area (Å²) in [6, 6.07) is 7.52. The monoisotopic (exact) mass is 372 g/mol. The third-order valence-corrected chi connectivity index (χ3v) is 3.09. The van der Waals surface area contributed by atoms with Crippen molar-refractivity contribution in [2.45, 2.75) is 18.7 Å². The molecule has 1 aromatic rings. The molecule has 0 aromatic heterocycles. The van der Waals surface area contributed by atoms with Crippen molar-refractivity contribution >= 4 is 22.3 Å². The Morgan fingerprint density at radius 1 is 1.45 bits per heavy atom. The van der Waals surface area contributed by atoms with Crippen LogP contribution < -0.4 is 0 Å². The molecule has 0 saturated heterocycles. The summed E-state index contributed by atoms with van der Waals surface area (Å²) in [5, 5.41) is 0. The number of aryl methyl sites for hydroxylation is 1. The van der Waals surface area contributed by atoms with Crippen LogP contribution in [0.1, 0.15) is 12.5 Å². The zero-order valence-electron chi connectivity index (χ0n) is 11.9. The quantitative estimate of drug-likeness (QED) is 0.458. The molecule has 0 bridgehead atoms. The van der Waals surface area contributed by atoms with Crippen molar-refractivity contribution in [2.24, 2.45) is 4.40 Å². The minimum absolute atomic E-state index is 0. The van der Waals surface area contributed by atoms with Gasteiger partial charge in [-0.25, -0.2) is 8.42 Å². The fourth-order valence-electron chi connectivity index (χ4n) is 0.984. The number of nitrogens with one attached hydrogen (secondary N) is 1. The SMILES string of the molecule is CC([NH-])=O.Cc1cc[c-]cc1S(=O)(=O)N=CN(C)C.[Y]. The van der Waals surface area contributed by atoms with Crippen molar-refractivity contribution in [3.8, 4) is 0 Å². The van der Waals surface area contributed by atoms with Crippen molar-refractivity contribution in [1.29, 1.82) is 0 Å². The number of hydrogen-bond donors (Lipinski definition) is 0. The molecule has 0 aliphatic rings. The van der Waals surface area contributed by atoms with E-state index in [0.717, 1.165) is 0 Å². The number of rotatable bonds is 3. The standard InChI is InChI=1S/C10H13N2O2S.C2H5NO.Y/c1-9-6-4-5-7-10(9)15(13,14)11-8-12(2)3;1-2(3)4;/h4,6-8H,1-3H3;1H3,(H2,3,4);/q-1;;/p-1. The van der Waals surface area contributed by atoms with Crippen molar-refractivity contribution in [1.82, 2.24) is 4.90 Å². The van der Waals surface area contributed by atoms with E-state index in [1.807, 2.05) is 0 Å². The molecule has 1 rings (SSSR count). The molecule has 8 heteroatoms. The molecular formula is C12H17N3O3SY-2. The summed E-state index contributed by atoms with van der Waals surface area (Å²) in [4.78, 5) is 10.9. The molecule has 0 fully saturated rings. The van der Waals surface area contributed by atoms with Crippen LogP contribution in [-0.2, 0) is 47.5 Å². The van der Waals surface area contributed by atoms with Gasteiger partial charge in [0.1, 0.15) is 6.34 Å². The topological polar surface area (TPSA) is 90.6 Å². The molecule has 1 N–H and O–H groups in total. The van der Waals surface area contributed by atoms with E-state index in [1.54, 1.807) is 38.1 Å². The van der Waals surface area contributed by atoms with Gasteiger partial charge in [0.15, 0.2) is 0 Å². The zero-order chi connectivity index (χ0) is 15.1. The second kappa shape index (κ2) is 10.0. The molecule has 1 aromatic carbocycles. The van der Waals surface area contributed by atoms with E-state index in [1.165, 1.54) is 19.3 Å². The first kappa shape index (κ1) is 21.5. The molecule has 0 atom stereocenters. The minimum Gasteiger partial charge on any atom is -0.668 e. The molecule has 1 radical (unpaired) electrons. The first-order valence-electron chi connectivity index (χ1n) is 5.32. The van der Waals surface area contributed by atoms with Gasteiger partial charge in [0.25, 0.3) is 0 Å². The van der Waals surface area contributed by atoms with Gasteiger partial charge in [0.2, 0.25) is 10.0 Å². The van der Waals surface area contributed by atoms with Crippen LogP contribution in [0.15, 0.2) is 27.5 Å². The number of carbonyl (C=O) groups is 1. The summed E-state index contributed by atoms with van der Waals surface area (Å²) < 4.78 is 27.0. The van der Waals surface area contributed by atoms with Crippen molar-refractivity contribution < 1.29 is 45.9 Å². The van der Waals surface area contributed by atoms with Crippen LogP contribution in [0.5, 0.6) is 0 Å². The van der Waals surface area contributed by atoms with Gasteiger partial charge < -0.3 is 15.4 Å². The summed E-state index contributed by atoms with van der Waals surface area (Å²) in [6.07, 6.45) is 1.27. The van der Waals surface area contributed by atoms with Crippen LogP contribution >= 0.6 is 0 Å². The Morgan fingerprint density at radius 3 is 2.35 bits per heavy atom. The zero-order valence-corrected chi connectivity index (χ0v) is 15.6. The first-order valence-corrected chi connectivity index (χ1v) is 6.76. The summed E-state index contributed by atoms with van der Waals surface area (Å²) >= 11 is 0. The molecule has 6 nitrogen and oxygen atoms in total. The Kier molecular flexibility index (Phi) is 10.8. The second-order valence-electron chi connectivity index (χ2n) is 3.91. The maximum Gasteiger partial charge on any atom is 0.237 e. The second-order valence-corrected chi connectivity index (χ2v) is 5.51. The van der Waals surface area contributed by atoms with Gasteiger partial charge in [-0.2, -0.15) is 28.7 Å². The molecule has 0 aliphatic heterocycles. The minimum atomic E-state index is -3.59. The first-order chi connectivity index (χ1) is 8.66. The number of carbonyl (C=O) groups excluding carboxylic acids is 1. The van der Waals surface area contributed by atoms with Crippen molar-refractivity contribution in [2.75, 3.05) is 14.1 Å². The fraction of sp³-hybridized carbons (Fsp3) is 0.333. The number of amides is 1. The van der Waals surface area contributed by atoms with Gasteiger partial charge in [-0.05, 0) is 11.8 Å². The number of sulfonamides is 1. The van der Waals surface area contributed by atoms with E-state index in [4.69, 9.17) is 10.5 Å². The van der Waals surface area contributed by atoms with Gasteiger partial charge in [-0.1, -0.05) is 6.92 Å². The summed E-state index contributed by atoms with van der Waals surface area (Å²) in [6.45, 7) is 2.92. The Balaban J connectivity index is 0. The summed E-state index contributed by atoms with van der Waals surface area (Å²) in [5.41, 5.74) is 6.62. The third kappa shape index (κ3) is 9.17. The third-order valence-electron chi connectivity index (χ3n) is 1.73. The Hall–Kier alpha value is -0.786. The average molecular weight is 372 g/mol. The Bertz CT molecular complexity index is 553. The van der Waals surface area contributed by atoms with Gasteiger partial charge in [-0.15, -0.1) is 5.56 Å². The average Bonchev–Trinajstić information content (AvgIpc) is 2.26. The van der Waals surface area contributed by atoms with Crippen LogP contribution in [-0.4, -0.2) is 39.7 Å². The van der Waals surface area contributed by atoms with E-state index in [0.29, 0.717) is 5.56 Å². The van der Waals surface area contributed by atoms with Gasteiger partial charge in [0.05, 0.1) is 0 Å². The van der Waals surface area contributed by atoms with E-state index >= 15 is 0 Å². The molecule has 0 heterocycles. The summed E-state index contributed by atoms with van der Waals surface area (Å²) in [5.74, 6) is -0.583. The maximum absolute atomic E-state index is 11.7. The van der Waals surface area contributed by atoms with Crippen LogP contribution in [0.25, 0.3) is 5.73 Å². The van der Waals surface area contributed by atoms with Gasteiger partial charge in [-0.3, -0.25) is 0 Å². The van der Waals surface area contributed by atoms with Crippen molar-refractivity contribution in [3.63, 3.8) is 0 Å². The molecule has 109 valence electrons. The van der Waals surface area contributed by atoms with E-state index < -0.39 is 15.9 Å². The number of nitrogens with zero attached hydrogens (tertiary/aromatic N) is 2. The molecular weight excluding hydrogens is 355 g/mol. The van der Waals surface area contributed by atoms with Gasteiger partial charge >= 0.3 is 0 Å². The number of benzene rings is 1. The van der Waals surface area contributed by atoms with Crippen LogP contribution in [0.2, 0.25) is 0 Å². The Labute approximate surface area is 145 Å². The van der Waals surface area contributed by atoms with E-state index in [-0.39, 0.29) is 37.6 Å². The fourth-order valence-corrected chi connectivity index (χ4v) is 2.10. The van der Waals surface area contributed by atoms with Crippen LogP contribution in [0, 0.1) is 13.0 Å². The maximum atomic E-state index is 11.7. The molecule has 1 amide bonds. The van der Waals surface area contributed by atoms with Crippen molar-refractivity contribution in [3.05, 3.63) is 35.6 Å². The molecule has 0 saturated carbocycles.